The molecule has 0 bridgehead atoms. The van der Waals surface area contributed by atoms with Crippen LogP contribution in [0.1, 0.15) is 17.3 Å². The predicted octanol–water partition coefficient (Wildman–Crippen LogP) is -2.46. The summed E-state index contributed by atoms with van der Waals surface area (Å²) in [6, 6.07) is 4.44. The number of carbonyl (C=O) groups is 1. The molecule has 12 nitrogen and oxygen atoms in total. The van der Waals surface area contributed by atoms with Crippen LogP contribution in [-0.2, 0) is 14.2 Å². The van der Waals surface area contributed by atoms with Gasteiger partial charge in [-0.15, -0.1) is 0 Å². The van der Waals surface area contributed by atoms with Gasteiger partial charge in [0.1, 0.15) is 54.2 Å². The first-order chi connectivity index (χ1) is 15.1. The van der Waals surface area contributed by atoms with Gasteiger partial charge in [-0.3, -0.25) is 4.79 Å². The highest BCUT2D eigenvalue weighted by Crippen LogP contribution is 2.30. The van der Waals surface area contributed by atoms with Crippen LogP contribution in [0.3, 0.4) is 0 Å². The number of aliphatic hydroxyl groups excluding tert-OH is 6. The largest absolute Gasteiger partial charge is 0.497 e. The summed E-state index contributed by atoms with van der Waals surface area (Å²) < 4.78 is 26.8. The lowest BCUT2D eigenvalue weighted by molar-refractivity contribution is -0.307. The normalized spacial score (nSPS) is 37.7. The second kappa shape index (κ2) is 10.4. The Labute approximate surface area is 183 Å². The van der Waals surface area contributed by atoms with Crippen molar-refractivity contribution in [3.05, 3.63) is 23.8 Å². The first-order valence-electron chi connectivity index (χ1n) is 9.96. The molecule has 12 heteroatoms. The van der Waals surface area contributed by atoms with Crippen molar-refractivity contribution in [1.82, 2.24) is 0 Å². The predicted molar refractivity (Wildman–Crippen MR) is 104 cm³/mol. The minimum Gasteiger partial charge on any atom is -0.497 e. The van der Waals surface area contributed by atoms with Crippen molar-refractivity contribution in [2.75, 3.05) is 20.3 Å². The van der Waals surface area contributed by atoms with Gasteiger partial charge in [0, 0.05) is 6.07 Å². The molecule has 3 rings (SSSR count). The van der Waals surface area contributed by atoms with Gasteiger partial charge in [0.15, 0.2) is 12.1 Å². The van der Waals surface area contributed by atoms with Gasteiger partial charge < -0.3 is 54.3 Å². The van der Waals surface area contributed by atoms with Crippen LogP contribution >= 0.6 is 0 Å². The maximum atomic E-state index is 11.9. The first-order valence-corrected chi connectivity index (χ1v) is 9.96. The fourth-order valence-corrected chi connectivity index (χ4v) is 3.41. The second-order valence-corrected chi connectivity index (χ2v) is 7.63. The van der Waals surface area contributed by atoms with Crippen LogP contribution in [0.5, 0.6) is 11.5 Å². The summed E-state index contributed by atoms with van der Waals surface area (Å²) in [5, 5.41) is 60.0. The molecule has 2 heterocycles. The molecule has 32 heavy (non-hydrogen) atoms. The SMILES string of the molecule is COc1ccc(C(C)=O)c(O[C@H]2O[C@H](CO[C@@H]3OC[C@H](O)[C@H](O)[C@H]3O)[C@H](O)[C@H](O)[C@H]2O)c1. The Kier molecular flexibility index (Phi) is 8.03. The number of Topliss-reactive ketones (excluding diaryl/α,β-unsaturated/α-hetero) is 1. The fraction of sp³-hybridized carbons (Fsp3) is 0.650. The van der Waals surface area contributed by atoms with E-state index in [1.54, 1.807) is 6.07 Å². The molecule has 6 N–H and O–H groups in total. The average Bonchev–Trinajstić information content (AvgIpc) is 2.77. The third-order valence-electron chi connectivity index (χ3n) is 5.36. The standard InChI is InChI=1S/C20H28O12/c1-8(21)10-4-3-9(28-2)5-12(10)31-20-18(27)16(25)15(24)13(32-20)7-30-19-17(26)14(23)11(22)6-29-19/h3-5,11,13-20,22-27H,6-7H2,1-2H3/t11-,13+,14-,15-,16-,17+,18+,19-,20-/m0/s1. The lowest BCUT2D eigenvalue weighted by Gasteiger charge is -2.41. The van der Waals surface area contributed by atoms with Crippen molar-refractivity contribution < 1.29 is 59.1 Å². The summed E-state index contributed by atoms with van der Waals surface area (Å²) in [7, 11) is 1.42. The number of benzene rings is 1. The van der Waals surface area contributed by atoms with Gasteiger partial charge >= 0.3 is 0 Å². The summed E-state index contributed by atoms with van der Waals surface area (Å²) >= 11 is 0. The van der Waals surface area contributed by atoms with Crippen LogP contribution in [0.4, 0.5) is 0 Å². The van der Waals surface area contributed by atoms with E-state index in [1.807, 2.05) is 0 Å². The highest BCUT2D eigenvalue weighted by molar-refractivity contribution is 5.97. The van der Waals surface area contributed by atoms with E-state index >= 15 is 0 Å². The zero-order valence-electron chi connectivity index (χ0n) is 17.5. The molecule has 0 aliphatic carbocycles. The summed E-state index contributed by atoms with van der Waals surface area (Å²) in [6.45, 7) is 0.615. The van der Waals surface area contributed by atoms with E-state index in [0.717, 1.165) is 0 Å². The van der Waals surface area contributed by atoms with Crippen LogP contribution in [0.2, 0.25) is 0 Å². The lowest BCUT2D eigenvalue weighted by Crippen LogP contribution is -2.61. The van der Waals surface area contributed by atoms with Crippen LogP contribution < -0.4 is 9.47 Å². The molecule has 1 aromatic rings. The quantitative estimate of drug-likeness (QED) is 0.236. The molecule has 2 saturated heterocycles. The number of ketones is 1. The molecule has 0 spiro atoms. The number of carbonyl (C=O) groups excluding carboxylic acids is 1. The lowest BCUT2D eigenvalue weighted by atomic mass is 9.99. The topological polar surface area (TPSA) is 185 Å². The molecule has 0 aromatic heterocycles. The van der Waals surface area contributed by atoms with Gasteiger partial charge in [-0.2, -0.15) is 0 Å². The maximum absolute atomic E-state index is 11.9. The van der Waals surface area contributed by atoms with E-state index in [-0.39, 0.29) is 23.7 Å². The molecule has 180 valence electrons. The van der Waals surface area contributed by atoms with E-state index in [0.29, 0.717) is 5.75 Å². The smallest absolute Gasteiger partial charge is 0.229 e. The van der Waals surface area contributed by atoms with Crippen LogP contribution in [-0.4, -0.2) is 112 Å². The summed E-state index contributed by atoms with van der Waals surface area (Å²) in [6.07, 6.45) is -13.3. The zero-order chi connectivity index (χ0) is 23.6. The molecule has 2 fully saturated rings. The molecule has 0 amide bonds. The Morgan fingerprint density at radius 3 is 2.34 bits per heavy atom. The Bertz CT molecular complexity index is 788. The third-order valence-corrected chi connectivity index (χ3v) is 5.36. The van der Waals surface area contributed by atoms with Crippen molar-refractivity contribution in [1.29, 1.82) is 0 Å². The Hall–Kier alpha value is -1.87. The molecular weight excluding hydrogens is 432 g/mol. The minimum absolute atomic E-state index is 0.0345. The third kappa shape index (κ3) is 5.20. The number of ether oxygens (including phenoxy) is 5. The van der Waals surface area contributed by atoms with Crippen LogP contribution in [0, 0.1) is 0 Å². The fourth-order valence-electron chi connectivity index (χ4n) is 3.41. The van der Waals surface area contributed by atoms with Gasteiger partial charge in [-0.1, -0.05) is 0 Å². The highest BCUT2D eigenvalue weighted by atomic mass is 16.7. The van der Waals surface area contributed by atoms with Gasteiger partial charge in [-0.05, 0) is 19.1 Å². The number of methoxy groups -OCH3 is 1. The second-order valence-electron chi connectivity index (χ2n) is 7.63. The van der Waals surface area contributed by atoms with Crippen LogP contribution in [0.25, 0.3) is 0 Å². The van der Waals surface area contributed by atoms with Gasteiger partial charge in [0.2, 0.25) is 6.29 Å². The van der Waals surface area contributed by atoms with E-state index in [9.17, 15) is 35.4 Å². The molecule has 2 aliphatic heterocycles. The zero-order valence-corrected chi connectivity index (χ0v) is 17.5. The van der Waals surface area contributed by atoms with E-state index < -0.39 is 61.9 Å². The average molecular weight is 460 g/mol. The molecule has 9 atom stereocenters. The number of aliphatic hydroxyl groups is 6. The summed E-state index contributed by atoms with van der Waals surface area (Å²) in [5.74, 6) is 0.0878. The van der Waals surface area contributed by atoms with Gasteiger partial charge in [0.25, 0.3) is 0 Å². The molecule has 1 aromatic carbocycles. The van der Waals surface area contributed by atoms with Gasteiger partial charge in [-0.25, -0.2) is 0 Å². The van der Waals surface area contributed by atoms with E-state index in [1.165, 1.54) is 26.2 Å². The molecule has 0 saturated carbocycles. The summed E-state index contributed by atoms with van der Waals surface area (Å²) in [5.41, 5.74) is 0.182. The minimum atomic E-state index is -1.68. The van der Waals surface area contributed by atoms with Crippen molar-refractivity contribution in [3.8, 4) is 11.5 Å². The number of hydrogen-bond acceptors (Lipinski definition) is 12. The van der Waals surface area contributed by atoms with Gasteiger partial charge in [0.05, 0.1) is 25.9 Å². The highest BCUT2D eigenvalue weighted by Gasteiger charge is 2.46. The van der Waals surface area contributed by atoms with Crippen molar-refractivity contribution >= 4 is 5.78 Å². The molecular formula is C20H28O12. The molecule has 2 aliphatic rings. The Morgan fingerprint density at radius 2 is 1.69 bits per heavy atom. The van der Waals surface area contributed by atoms with Crippen LogP contribution in [0.15, 0.2) is 18.2 Å². The monoisotopic (exact) mass is 460 g/mol. The Balaban J connectivity index is 1.71. The number of rotatable bonds is 7. The van der Waals surface area contributed by atoms with E-state index in [2.05, 4.69) is 0 Å². The number of hydrogen-bond donors (Lipinski definition) is 6. The molecule has 0 radical (unpaired) electrons. The Morgan fingerprint density at radius 1 is 1.00 bits per heavy atom. The van der Waals surface area contributed by atoms with Crippen molar-refractivity contribution in [2.45, 2.75) is 62.2 Å². The van der Waals surface area contributed by atoms with Crippen molar-refractivity contribution in [2.24, 2.45) is 0 Å². The summed E-state index contributed by atoms with van der Waals surface area (Å²) in [4.78, 5) is 11.9. The van der Waals surface area contributed by atoms with E-state index in [4.69, 9.17) is 23.7 Å². The molecule has 0 unspecified atom stereocenters. The first kappa shape index (κ1) is 24.8. The maximum Gasteiger partial charge on any atom is 0.229 e. The van der Waals surface area contributed by atoms with Crippen molar-refractivity contribution in [3.63, 3.8) is 0 Å².